The summed E-state index contributed by atoms with van der Waals surface area (Å²) in [6.45, 7) is 1.44. The molecular formula is C12H16O7. The van der Waals surface area contributed by atoms with Crippen molar-refractivity contribution in [2.24, 2.45) is 0 Å². The molecule has 19 heavy (non-hydrogen) atoms. The van der Waals surface area contributed by atoms with Gasteiger partial charge in [0.05, 0.1) is 19.5 Å². The summed E-state index contributed by atoms with van der Waals surface area (Å²) >= 11 is 0. The predicted molar refractivity (Wildman–Crippen MR) is 61.4 cm³/mol. The lowest BCUT2D eigenvalue weighted by atomic mass is 10.0. The van der Waals surface area contributed by atoms with Crippen LogP contribution in [0, 0.1) is 0 Å². The lowest BCUT2D eigenvalue weighted by molar-refractivity contribution is -0.0295. The van der Waals surface area contributed by atoms with Crippen molar-refractivity contribution in [3.05, 3.63) is 23.7 Å². The number of carbonyl (C=O) groups excluding carboxylic acids is 1. The van der Waals surface area contributed by atoms with Gasteiger partial charge in [0.1, 0.15) is 35.7 Å². The summed E-state index contributed by atoms with van der Waals surface area (Å²) in [4.78, 5) is 11.7. The quantitative estimate of drug-likeness (QED) is 0.640. The molecule has 0 saturated carbocycles. The Kier molecular flexibility index (Phi) is 4.20. The molecule has 1 aromatic rings. The van der Waals surface area contributed by atoms with Crippen molar-refractivity contribution in [3.63, 3.8) is 0 Å². The molecule has 0 bridgehead atoms. The minimum absolute atomic E-state index is 0.0842. The highest BCUT2D eigenvalue weighted by molar-refractivity contribution is 5.90. The molecule has 1 aromatic heterocycles. The molecule has 1 saturated heterocycles. The summed E-state index contributed by atoms with van der Waals surface area (Å²) in [5, 5.41) is 28.5. The van der Waals surface area contributed by atoms with E-state index >= 15 is 0 Å². The number of furan rings is 1. The number of ether oxygens (including phenoxy) is 2. The Morgan fingerprint density at radius 3 is 2.74 bits per heavy atom. The van der Waals surface area contributed by atoms with E-state index in [1.54, 1.807) is 6.92 Å². The van der Waals surface area contributed by atoms with E-state index in [2.05, 4.69) is 0 Å². The molecule has 2 rings (SSSR count). The number of hydrogen-bond acceptors (Lipinski definition) is 7. The summed E-state index contributed by atoms with van der Waals surface area (Å²) in [6, 6.07) is 1.40. The van der Waals surface area contributed by atoms with E-state index < -0.39 is 37.0 Å². The van der Waals surface area contributed by atoms with Gasteiger partial charge in [-0.3, -0.25) is 0 Å². The molecule has 0 aromatic carbocycles. The first-order chi connectivity index (χ1) is 9.10. The van der Waals surface area contributed by atoms with Crippen LogP contribution < -0.4 is 0 Å². The van der Waals surface area contributed by atoms with Crippen LogP contribution in [0.1, 0.15) is 29.1 Å². The average molecular weight is 272 g/mol. The van der Waals surface area contributed by atoms with Gasteiger partial charge in [0.25, 0.3) is 0 Å². The van der Waals surface area contributed by atoms with Crippen molar-refractivity contribution in [2.45, 2.75) is 31.3 Å². The SMILES string of the molecule is CCOC(=O)c1ccoc1[C@@H]1O[C@H](CO)[C@@H](O)[C@H]1O. The molecule has 0 aliphatic carbocycles. The van der Waals surface area contributed by atoms with Crippen molar-refractivity contribution in [3.8, 4) is 0 Å². The lowest BCUT2D eigenvalue weighted by Crippen LogP contribution is -2.32. The maximum absolute atomic E-state index is 11.7. The van der Waals surface area contributed by atoms with Crippen molar-refractivity contribution in [1.82, 2.24) is 0 Å². The highest BCUT2D eigenvalue weighted by atomic mass is 16.6. The predicted octanol–water partition coefficient (Wildman–Crippen LogP) is -0.390. The zero-order valence-electron chi connectivity index (χ0n) is 10.4. The topological polar surface area (TPSA) is 109 Å². The first-order valence-corrected chi connectivity index (χ1v) is 5.97. The molecule has 1 fully saturated rings. The van der Waals surface area contributed by atoms with Gasteiger partial charge in [0, 0.05) is 0 Å². The van der Waals surface area contributed by atoms with Gasteiger partial charge in [-0.05, 0) is 13.0 Å². The smallest absolute Gasteiger partial charge is 0.341 e. The van der Waals surface area contributed by atoms with E-state index in [1.807, 2.05) is 0 Å². The standard InChI is InChI=1S/C12H16O7/c1-2-17-12(16)6-3-4-18-10(6)11-9(15)8(14)7(5-13)19-11/h3-4,7-9,11,13-15H,2,5H2,1H3/t7-,8-,9-,11-/m1/s1. The number of aliphatic hydroxyl groups excluding tert-OH is 3. The van der Waals surface area contributed by atoms with Crippen LogP contribution >= 0.6 is 0 Å². The number of esters is 1. The Morgan fingerprint density at radius 2 is 2.16 bits per heavy atom. The van der Waals surface area contributed by atoms with Gasteiger partial charge in [-0.25, -0.2) is 4.79 Å². The first kappa shape index (κ1) is 14.0. The third-order valence-corrected chi connectivity index (χ3v) is 2.99. The normalized spacial score (nSPS) is 30.5. The van der Waals surface area contributed by atoms with Crippen LogP contribution in [0.3, 0.4) is 0 Å². The monoisotopic (exact) mass is 272 g/mol. The second-order valence-corrected chi connectivity index (χ2v) is 4.18. The van der Waals surface area contributed by atoms with Gasteiger partial charge in [0.2, 0.25) is 0 Å². The van der Waals surface area contributed by atoms with Gasteiger partial charge in [-0.2, -0.15) is 0 Å². The van der Waals surface area contributed by atoms with E-state index in [1.165, 1.54) is 12.3 Å². The molecule has 0 spiro atoms. The fourth-order valence-electron chi connectivity index (χ4n) is 2.04. The Balaban J connectivity index is 2.23. The molecule has 1 aliphatic heterocycles. The largest absolute Gasteiger partial charge is 0.466 e. The van der Waals surface area contributed by atoms with E-state index in [0.29, 0.717) is 0 Å². The number of carbonyl (C=O) groups is 1. The molecule has 1 aliphatic rings. The van der Waals surface area contributed by atoms with E-state index in [9.17, 15) is 15.0 Å². The van der Waals surface area contributed by atoms with Crippen LogP contribution in [0.2, 0.25) is 0 Å². The molecule has 3 N–H and O–H groups in total. The van der Waals surface area contributed by atoms with Crippen molar-refractivity contribution in [2.75, 3.05) is 13.2 Å². The fourth-order valence-corrected chi connectivity index (χ4v) is 2.04. The van der Waals surface area contributed by atoms with Gasteiger partial charge in [-0.1, -0.05) is 0 Å². The van der Waals surface area contributed by atoms with Crippen molar-refractivity contribution < 1.29 is 34.0 Å². The third kappa shape index (κ3) is 2.50. The Morgan fingerprint density at radius 1 is 1.42 bits per heavy atom. The number of hydrogen-bond donors (Lipinski definition) is 3. The average Bonchev–Trinajstić information content (AvgIpc) is 2.97. The second kappa shape index (κ2) is 5.70. The Hall–Kier alpha value is -1.41. The van der Waals surface area contributed by atoms with Gasteiger partial charge < -0.3 is 29.2 Å². The summed E-state index contributed by atoms with van der Waals surface area (Å²) in [5.41, 5.74) is 0.136. The molecule has 2 heterocycles. The number of rotatable bonds is 4. The lowest BCUT2D eigenvalue weighted by Gasteiger charge is -2.13. The Labute approximate surface area is 109 Å². The van der Waals surface area contributed by atoms with Crippen LogP contribution in [0.4, 0.5) is 0 Å². The molecular weight excluding hydrogens is 256 g/mol. The van der Waals surface area contributed by atoms with Crippen LogP contribution in [-0.2, 0) is 9.47 Å². The van der Waals surface area contributed by atoms with E-state index in [-0.39, 0.29) is 17.9 Å². The second-order valence-electron chi connectivity index (χ2n) is 4.18. The summed E-state index contributed by atoms with van der Waals surface area (Å²) in [7, 11) is 0. The zero-order valence-corrected chi connectivity index (χ0v) is 10.4. The van der Waals surface area contributed by atoms with Crippen molar-refractivity contribution in [1.29, 1.82) is 0 Å². The summed E-state index contributed by atoms with van der Waals surface area (Å²) in [6.07, 6.45) is -3.18. The molecule has 7 heteroatoms. The van der Waals surface area contributed by atoms with Crippen LogP contribution in [0.15, 0.2) is 16.7 Å². The molecule has 0 unspecified atom stereocenters. The number of aliphatic hydroxyl groups is 3. The van der Waals surface area contributed by atoms with E-state index in [0.717, 1.165) is 0 Å². The maximum Gasteiger partial charge on any atom is 0.341 e. The fraction of sp³-hybridized carbons (Fsp3) is 0.583. The summed E-state index contributed by atoms with van der Waals surface area (Å²) in [5.74, 6) is -0.509. The van der Waals surface area contributed by atoms with Crippen LogP contribution in [-0.4, -0.2) is 52.8 Å². The molecule has 0 amide bonds. The summed E-state index contributed by atoms with van der Waals surface area (Å²) < 4.78 is 15.3. The maximum atomic E-state index is 11.7. The highest BCUT2D eigenvalue weighted by Gasteiger charge is 2.45. The molecule has 7 nitrogen and oxygen atoms in total. The van der Waals surface area contributed by atoms with Crippen molar-refractivity contribution >= 4 is 5.97 Å². The van der Waals surface area contributed by atoms with E-state index in [4.69, 9.17) is 19.0 Å². The third-order valence-electron chi connectivity index (χ3n) is 2.99. The molecule has 106 valence electrons. The molecule has 0 radical (unpaired) electrons. The minimum atomic E-state index is -1.28. The van der Waals surface area contributed by atoms with Crippen LogP contribution in [0.5, 0.6) is 0 Å². The molecule has 4 atom stereocenters. The van der Waals surface area contributed by atoms with Crippen LogP contribution in [0.25, 0.3) is 0 Å². The highest BCUT2D eigenvalue weighted by Crippen LogP contribution is 2.35. The van der Waals surface area contributed by atoms with Gasteiger partial charge in [-0.15, -0.1) is 0 Å². The first-order valence-electron chi connectivity index (χ1n) is 5.97. The Bertz CT molecular complexity index is 441. The zero-order chi connectivity index (χ0) is 14.0. The minimum Gasteiger partial charge on any atom is -0.466 e. The van der Waals surface area contributed by atoms with Gasteiger partial charge in [0.15, 0.2) is 0 Å². The van der Waals surface area contributed by atoms with Gasteiger partial charge >= 0.3 is 5.97 Å².